The first kappa shape index (κ1) is 16.3. The summed E-state index contributed by atoms with van der Waals surface area (Å²) < 4.78 is 4.81. The van der Waals surface area contributed by atoms with Crippen molar-refractivity contribution in [1.82, 2.24) is 20.7 Å². The fourth-order valence-corrected chi connectivity index (χ4v) is 2.71. The number of carbonyl (C=O) groups excluding carboxylic acids is 1. The Balaban J connectivity index is 1.74. The topological polar surface area (TPSA) is 82.8 Å². The average Bonchev–Trinajstić information content (AvgIpc) is 3.01. The minimum atomic E-state index is 0.0166. The van der Waals surface area contributed by atoms with Gasteiger partial charge >= 0.3 is 0 Å². The standard InChI is InChI=1S/C15H25N5O2/c1-16-15(20(2)11-13-8-9-22-19-13)17-10-14(21)18-12-6-4-3-5-7-12/h8-9,12H,3-7,10-11H2,1-2H3,(H,16,17)(H,18,21). The summed E-state index contributed by atoms with van der Waals surface area (Å²) in [5.41, 5.74) is 0.817. The first-order chi connectivity index (χ1) is 10.7. The average molecular weight is 307 g/mol. The SMILES string of the molecule is CN=C(NCC(=O)NC1CCCCC1)N(C)Cc1ccon1. The van der Waals surface area contributed by atoms with Crippen molar-refractivity contribution in [3.05, 3.63) is 18.0 Å². The van der Waals surface area contributed by atoms with E-state index in [1.807, 2.05) is 11.9 Å². The molecule has 0 unspecified atom stereocenters. The van der Waals surface area contributed by atoms with Crippen molar-refractivity contribution in [2.24, 2.45) is 4.99 Å². The van der Waals surface area contributed by atoms with Gasteiger partial charge in [-0.05, 0) is 12.8 Å². The molecule has 0 aliphatic heterocycles. The maximum atomic E-state index is 12.0. The molecule has 1 amide bonds. The van der Waals surface area contributed by atoms with Gasteiger partial charge in [-0.2, -0.15) is 0 Å². The molecule has 7 nitrogen and oxygen atoms in total. The monoisotopic (exact) mass is 307 g/mol. The number of rotatable bonds is 5. The number of nitrogens with zero attached hydrogens (tertiary/aromatic N) is 3. The number of amides is 1. The van der Waals surface area contributed by atoms with Gasteiger partial charge in [-0.25, -0.2) is 0 Å². The lowest BCUT2D eigenvalue weighted by molar-refractivity contribution is -0.120. The van der Waals surface area contributed by atoms with Crippen molar-refractivity contribution in [2.75, 3.05) is 20.6 Å². The van der Waals surface area contributed by atoms with Crippen LogP contribution in [0, 0.1) is 0 Å². The van der Waals surface area contributed by atoms with E-state index in [1.165, 1.54) is 25.5 Å². The van der Waals surface area contributed by atoms with Gasteiger partial charge in [0.15, 0.2) is 5.96 Å². The number of carbonyl (C=O) groups is 1. The number of aromatic nitrogens is 1. The molecule has 1 fully saturated rings. The number of nitrogens with one attached hydrogen (secondary N) is 2. The Hall–Kier alpha value is -2.05. The van der Waals surface area contributed by atoms with Crippen LogP contribution in [0.3, 0.4) is 0 Å². The molecule has 0 bridgehead atoms. The Bertz CT molecular complexity index is 480. The summed E-state index contributed by atoms with van der Waals surface area (Å²) in [5.74, 6) is 0.671. The van der Waals surface area contributed by atoms with E-state index in [0.717, 1.165) is 18.5 Å². The smallest absolute Gasteiger partial charge is 0.239 e. The highest BCUT2D eigenvalue weighted by atomic mass is 16.5. The molecule has 1 saturated carbocycles. The minimum absolute atomic E-state index is 0.0166. The Morgan fingerprint density at radius 2 is 2.23 bits per heavy atom. The minimum Gasteiger partial charge on any atom is -0.364 e. The van der Waals surface area contributed by atoms with Crippen LogP contribution in [0.1, 0.15) is 37.8 Å². The van der Waals surface area contributed by atoms with Crippen LogP contribution in [0.15, 0.2) is 21.8 Å². The molecule has 2 rings (SSSR count). The van der Waals surface area contributed by atoms with E-state index >= 15 is 0 Å². The second-order valence-corrected chi connectivity index (χ2v) is 5.65. The quantitative estimate of drug-likeness (QED) is 0.629. The Morgan fingerprint density at radius 1 is 1.45 bits per heavy atom. The third kappa shape index (κ3) is 5.05. The van der Waals surface area contributed by atoms with Gasteiger partial charge in [0.2, 0.25) is 5.91 Å². The first-order valence-electron chi connectivity index (χ1n) is 7.79. The van der Waals surface area contributed by atoms with Crippen LogP contribution in [0.5, 0.6) is 0 Å². The summed E-state index contributed by atoms with van der Waals surface area (Å²) in [4.78, 5) is 18.1. The lowest BCUT2D eigenvalue weighted by atomic mass is 9.95. The van der Waals surface area contributed by atoms with Crippen molar-refractivity contribution in [1.29, 1.82) is 0 Å². The zero-order valence-corrected chi connectivity index (χ0v) is 13.3. The van der Waals surface area contributed by atoms with E-state index in [-0.39, 0.29) is 12.5 Å². The molecule has 2 N–H and O–H groups in total. The summed E-state index contributed by atoms with van der Waals surface area (Å²) in [6.07, 6.45) is 7.42. The molecule has 0 atom stereocenters. The van der Waals surface area contributed by atoms with Crippen molar-refractivity contribution >= 4 is 11.9 Å². The number of hydrogen-bond donors (Lipinski definition) is 2. The lowest BCUT2D eigenvalue weighted by Gasteiger charge is -2.24. The van der Waals surface area contributed by atoms with Crippen molar-refractivity contribution in [2.45, 2.75) is 44.7 Å². The van der Waals surface area contributed by atoms with Gasteiger partial charge in [-0.3, -0.25) is 9.79 Å². The summed E-state index contributed by atoms with van der Waals surface area (Å²) in [6.45, 7) is 0.798. The maximum absolute atomic E-state index is 12.0. The van der Waals surface area contributed by atoms with E-state index in [1.54, 1.807) is 13.1 Å². The highest BCUT2D eigenvalue weighted by Crippen LogP contribution is 2.17. The zero-order valence-electron chi connectivity index (χ0n) is 13.3. The lowest BCUT2D eigenvalue weighted by Crippen LogP contribution is -2.46. The van der Waals surface area contributed by atoms with Crippen molar-refractivity contribution < 1.29 is 9.32 Å². The molecule has 122 valence electrons. The zero-order chi connectivity index (χ0) is 15.8. The van der Waals surface area contributed by atoms with Gasteiger partial charge in [0.05, 0.1) is 13.1 Å². The third-order valence-corrected chi connectivity index (χ3v) is 3.84. The number of aliphatic imine (C=N–C) groups is 1. The second-order valence-electron chi connectivity index (χ2n) is 5.65. The molecule has 1 aliphatic carbocycles. The summed E-state index contributed by atoms with van der Waals surface area (Å²) in [5, 5.41) is 10.0. The summed E-state index contributed by atoms with van der Waals surface area (Å²) in [7, 11) is 3.59. The molecule has 0 radical (unpaired) electrons. The predicted molar refractivity (Wildman–Crippen MR) is 84.3 cm³/mol. The number of guanidine groups is 1. The molecule has 1 aliphatic rings. The molecule has 0 saturated heterocycles. The fourth-order valence-electron chi connectivity index (χ4n) is 2.71. The van der Waals surface area contributed by atoms with E-state index < -0.39 is 0 Å². The van der Waals surface area contributed by atoms with Crippen LogP contribution < -0.4 is 10.6 Å². The van der Waals surface area contributed by atoms with Crippen LogP contribution in [-0.2, 0) is 11.3 Å². The van der Waals surface area contributed by atoms with Gasteiger partial charge in [-0.15, -0.1) is 0 Å². The van der Waals surface area contributed by atoms with E-state index in [4.69, 9.17) is 4.52 Å². The highest BCUT2D eigenvalue weighted by Gasteiger charge is 2.16. The third-order valence-electron chi connectivity index (χ3n) is 3.84. The predicted octanol–water partition coefficient (Wildman–Crippen LogP) is 1.13. The fraction of sp³-hybridized carbons (Fsp3) is 0.667. The van der Waals surface area contributed by atoms with E-state index in [9.17, 15) is 4.79 Å². The molecule has 1 aromatic rings. The van der Waals surface area contributed by atoms with Gasteiger partial charge in [0, 0.05) is 26.2 Å². The van der Waals surface area contributed by atoms with Gasteiger partial charge in [0.25, 0.3) is 0 Å². The Morgan fingerprint density at radius 3 is 2.86 bits per heavy atom. The number of hydrogen-bond acceptors (Lipinski definition) is 4. The molecule has 1 heterocycles. The molecule has 0 spiro atoms. The van der Waals surface area contributed by atoms with Gasteiger partial charge in [-0.1, -0.05) is 24.4 Å². The maximum Gasteiger partial charge on any atom is 0.239 e. The van der Waals surface area contributed by atoms with E-state index in [0.29, 0.717) is 18.5 Å². The Labute approximate surface area is 131 Å². The molecular formula is C15H25N5O2. The van der Waals surface area contributed by atoms with Crippen LogP contribution in [0.25, 0.3) is 0 Å². The second kappa shape index (κ2) is 8.41. The normalized spacial score (nSPS) is 16.4. The van der Waals surface area contributed by atoms with E-state index in [2.05, 4.69) is 20.8 Å². The largest absolute Gasteiger partial charge is 0.364 e. The molecule has 7 heteroatoms. The van der Waals surface area contributed by atoms with Crippen LogP contribution in [0.2, 0.25) is 0 Å². The molecule has 1 aromatic heterocycles. The van der Waals surface area contributed by atoms with Crippen LogP contribution in [0.4, 0.5) is 0 Å². The molecule has 0 aromatic carbocycles. The van der Waals surface area contributed by atoms with Crippen molar-refractivity contribution in [3.8, 4) is 0 Å². The molecule has 22 heavy (non-hydrogen) atoms. The van der Waals surface area contributed by atoms with Gasteiger partial charge < -0.3 is 20.1 Å². The van der Waals surface area contributed by atoms with Crippen LogP contribution in [-0.4, -0.2) is 48.6 Å². The first-order valence-corrected chi connectivity index (χ1v) is 7.79. The van der Waals surface area contributed by atoms with Gasteiger partial charge in [0.1, 0.15) is 12.0 Å². The Kier molecular flexibility index (Phi) is 6.24. The molecular weight excluding hydrogens is 282 g/mol. The van der Waals surface area contributed by atoms with Crippen LogP contribution >= 0.6 is 0 Å². The summed E-state index contributed by atoms with van der Waals surface area (Å²) >= 11 is 0. The highest BCUT2D eigenvalue weighted by molar-refractivity contribution is 5.86. The van der Waals surface area contributed by atoms with Crippen molar-refractivity contribution in [3.63, 3.8) is 0 Å². The summed E-state index contributed by atoms with van der Waals surface area (Å²) in [6, 6.07) is 2.14.